The Kier molecular flexibility index (Phi) is 3.24. The van der Waals surface area contributed by atoms with Gasteiger partial charge in [-0.2, -0.15) is 0 Å². The third-order valence-corrected chi connectivity index (χ3v) is 4.57. The first-order valence-corrected chi connectivity index (χ1v) is 7.76. The number of aromatic amines is 1. The predicted octanol–water partition coefficient (Wildman–Crippen LogP) is 4.51. The summed E-state index contributed by atoms with van der Waals surface area (Å²) < 4.78 is 0. The van der Waals surface area contributed by atoms with Crippen molar-refractivity contribution in [3.05, 3.63) is 71.9 Å². The van der Waals surface area contributed by atoms with Crippen LogP contribution in [0.3, 0.4) is 0 Å². The molecule has 21 heavy (non-hydrogen) atoms. The van der Waals surface area contributed by atoms with Gasteiger partial charge >= 0.3 is 0 Å². The fraction of sp³-hybridized carbons (Fsp3) is 0.263. The summed E-state index contributed by atoms with van der Waals surface area (Å²) in [6.45, 7) is 2.24. The van der Waals surface area contributed by atoms with Crippen LogP contribution in [0.2, 0.25) is 0 Å². The minimum Gasteiger partial charge on any atom is -0.361 e. The topological polar surface area (TPSA) is 19.0 Å². The maximum atomic E-state index is 3.42. The fourth-order valence-corrected chi connectivity index (χ4v) is 3.56. The van der Waals surface area contributed by atoms with E-state index in [9.17, 15) is 0 Å². The van der Waals surface area contributed by atoms with Crippen molar-refractivity contribution in [2.75, 3.05) is 6.54 Å². The van der Waals surface area contributed by atoms with Crippen LogP contribution >= 0.6 is 0 Å². The zero-order valence-corrected chi connectivity index (χ0v) is 12.1. The Balaban J connectivity index is 1.64. The summed E-state index contributed by atoms with van der Waals surface area (Å²) in [5.41, 5.74) is 4.11. The molecule has 1 aliphatic heterocycles. The van der Waals surface area contributed by atoms with E-state index in [1.807, 2.05) is 0 Å². The van der Waals surface area contributed by atoms with E-state index in [1.165, 1.54) is 41.4 Å². The van der Waals surface area contributed by atoms with E-state index in [2.05, 4.69) is 70.7 Å². The van der Waals surface area contributed by atoms with E-state index < -0.39 is 0 Å². The molecule has 3 aromatic rings. The number of para-hydroxylation sites is 1. The van der Waals surface area contributed by atoms with E-state index in [0.29, 0.717) is 6.04 Å². The number of hydrogen-bond donors (Lipinski definition) is 1. The lowest BCUT2D eigenvalue weighted by atomic mass is 10.0. The molecule has 1 aliphatic rings. The molecule has 0 spiro atoms. The molecule has 106 valence electrons. The molecule has 1 fully saturated rings. The number of benzene rings is 2. The Morgan fingerprint density at radius 1 is 1.00 bits per heavy atom. The summed E-state index contributed by atoms with van der Waals surface area (Å²) >= 11 is 0. The highest BCUT2D eigenvalue weighted by Gasteiger charge is 2.27. The molecule has 0 bridgehead atoms. The second-order valence-corrected chi connectivity index (χ2v) is 5.90. The highest BCUT2D eigenvalue weighted by Crippen LogP contribution is 2.36. The lowest BCUT2D eigenvalue weighted by Crippen LogP contribution is -2.22. The third kappa shape index (κ3) is 2.36. The largest absolute Gasteiger partial charge is 0.361 e. The Morgan fingerprint density at radius 2 is 1.81 bits per heavy atom. The van der Waals surface area contributed by atoms with E-state index >= 15 is 0 Å². The van der Waals surface area contributed by atoms with Crippen molar-refractivity contribution >= 4 is 10.9 Å². The number of likely N-dealkylation sites (tertiary alicyclic amines) is 1. The van der Waals surface area contributed by atoms with Gasteiger partial charge < -0.3 is 4.98 Å². The van der Waals surface area contributed by atoms with Gasteiger partial charge in [0.15, 0.2) is 0 Å². The first-order chi connectivity index (χ1) is 10.4. The Labute approximate surface area is 125 Å². The predicted molar refractivity (Wildman–Crippen MR) is 87.1 cm³/mol. The Bertz CT molecular complexity index is 729. The van der Waals surface area contributed by atoms with Crippen LogP contribution < -0.4 is 0 Å². The highest BCUT2D eigenvalue weighted by atomic mass is 15.2. The van der Waals surface area contributed by atoms with Gasteiger partial charge in [0.2, 0.25) is 0 Å². The molecule has 4 rings (SSSR count). The third-order valence-electron chi connectivity index (χ3n) is 4.57. The molecule has 2 heterocycles. The zero-order valence-electron chi connectivity index (χ0n) is 12.1. The summed E-state index contributed by atoms with van der Waals surface area (Å²) in [6.07, 6.45) is 4.75. The fourth-order valence-electron chi connectivity index (χ4n) is 3.56. The van der Waals surface area contributed by atoms with E-state index in [-0.39, 0.29) is 0 Å². The molecule has 2 heteroatoms. The molecule has 2 aromatic carbocycles. The quantitative estimate of drug-likeness (QED) is 0.746. The molecule has 0 saturated carbocycles. The van der Waals surface area contributed by atoms with E-state index in [4.69, 9.17) is 0 Å². The molecule has 0 aliphatic carbocycles. The zero-order chi connectivity index (χ0) is 14.1. The van der Waals surface area contributed by atoms with Crippen LogP contribution in [0.5, 0.6) is 0 Å². The monoisotopic (exact) mass is 276 g/mol. The summed E-state index contributed by atoms with van der Waals surface area (Å²) in [5.74, 6) is 0. The van der Waals surface area contributed by atoms with Gasteiger partial charge in [-0.3, -0.25) is 4.90 Å². The molecule has 0 unspecified atom stereocenters. The molecular weight excluding hydrogens is 256 g/mol. The van der Waals surface area contributed by atoms with Gasteiger partial charge in [0.1, 0.15) is 0 Å². The molecule has 1 atom stereocenters. The number of hydrogen-bond acceptors (Lipinski definition) is 1. The van der Waals surface area contributed by atoms with Crippen molar-refractivity contribution in [1.82, 2.24) is 9.88 Å². The van der Waals surface area contributed by atoms with Gasteiger partial charge in [-0.05, 0) is 36.6 Å². The first kappa shape index (κ1) is 12.7. The summed E-state index contributed by atoms with van der Waals surface area (Å²) in [4.78, 5) is 6.04. The van der Waals surface area contributed by atoms with Crippen LogP contribution in [-0.2, 0) is 6.54 Å². The first-order valence-electron chi connectivity index (χ1n) is 7.76. The van der Waals surface area contributed by atoms with Crippen molar-refractivity contribution in [2.45, 2.75) is 25.4 Å². The Morgan fingerprint density at radius 3 is 2.71 bits per heavy atom. The van der Waals surface area contributed by atoms with Gasteiger partial charge in [0.25, 0.3) is 0 Å². The minimum atomic E-state index is 0.543. The van der Waals surface area contributed by atoms with Crippen molar-refractivity contribution in [2.24, 2.45) is 0 Å². The van der Waals surface area contributed by atoms with Crippen molar-refractivity contribution in [1.29, 1.82) is 0 Å². The number of nitrogens with zero attached hydrogens (tertiary/aromatic N) is 1. The molecule has 2 nitrogen and oxygen atoms in total. The summed E-state index contributed by atoms with van der Waals surface area (Å²) in [5, 5.41) is 1.38. The maximum absolute atomic E-state index is 3.42. The lowest BCUT2D eigenvalue weighted by Gasteiger charge is -2.24. The van der Waals surface area contributed by atoms with Crippen molar-refractivity contribution < 1.29 is 0 Å². The summed E-state index contributed by atoms with van der Waals surface area (Å²) in [7, 11) is 0. The SMILES string of the molecule is c1ccc(CN2CCC[C@H]2c2c[nH]c3ccccc23)cc1. The number of H-pyrrole nitrogens is 1. The van der Waals surface area contributed by atoms with Crippen LogP contribution in [-0.4, -0.2) is 16.4 Å². The van der Waals surface area contributed by atoms with E-state index in [1.54, 1.807) is 0 Å². The highest BCUT2D eigenvalue weighted by molar-refractivity contribution is 5.83. The number of nitrogens with one attached hydrogen (secondary N) is 1. The van der Waals surface area contributed by atoms with Gasteiger partial charge in [0.05, 0.1) is 0 Å². The standard InChI is InChI=1S/C19H20N2/c1-2-7-15(8-3-1)14-21-12-6-11-19(21)17-13-20-18-10-5-4-9-16(17)18/h1-5,7-10,13,19-20H,6,11-12,14H2/t19-/m0/s1. The molecule has 1 saturated heterocycles. The van der Waals surface area contributed by atoms with Crippen LogP contribution in [0.1, 0.15) is 30.0 Å². The second kappa shape index (κ2) is 5.38. The number of fused-ring (bicyclic) bond motifs is 1. The molecule has 0 amide bonds. The van der Waals surface area contributed by atoms with Crippen molar-refractivity contribution in [3.8, 4) is 0 Å². The maximum Gasteiger partial charge on any atom is 0.0457 e. The van der Waals surface area contributed by atoms with Gasteiger partial charge in [-0.25, -0.2) is 0 Å². The average molecular weight is 276 g/mol. The van der Waals surface area contributed by atoms with E-state index in [0.717, 1.165) is 6.54 Å². The number of aromatic nitrogens is 1. The summed E-state index contributed by atoms with van der Waals surface area (Å²) in [6, 6.07) is 20.0. The second-order valence-electron chi connectivity index (χ2n) is 5.90. The smallest absolute Gasteiger partial charge is 0.0457 e. The molecule has 0 radical (unpaired) electrons. The molecule has 1 aromatic heterocycles. The molecular formula is C19H20N2. The van der Waals surface area contributed by atoms with Gasteiger partial charge in [-0.1, -0.05) is 48.5 Å². The van der Waals surface area contributed by atoms with Gasteiger partial charge in [0, 0.05) is 29.7 Å². The Hall–Kier alpha value is -2.06. The van der Waals surface area contributed by atoms with Crippen LogP contribution in [0.4, 0.5) is 0 Å². The number of rotatable bonds is 3. The molecule has 1 N–H and O–H groups in total. The van der Waals surface area contributed by atoms with Crippen LogP contribution in [0, 0.1) is 0 Å². The van der Waals surface area contributed by atoms with Crippen LogP contribution in [0.15, 0.2) is 60.8 Å². The minimum absolute atomic E-state index is 0.543. The van der Waals surface area contributed by atoms with Crippen LogP contribution in [0.25, 0.3) is 10.9 Å². The van der Waals surface area contributed by atoms with Crippen molar-refractivity contribution in [3.63, 3.8) is 0 Å². The average Bonchev–Trinajstić information content (AvgIpc) is 3.14. The lowest BCUT2D eigenvalue weighted by molar-refractivity contribution is 0.250. The van der Waals surface area contributed by atoms with Gasteiger partial charge in [-0.15, -0.1) is 0 Å². The normalized spacial score (nSPS) is 19.3.